The molecule has 7 heteroatoms. The second-order valence-corrected chi connectivity index (χ2v) is 7.75. The molecule has 1 aliphatic heterocycles. The summed E-state index contributed by atoms with van der Waals surface area (Å²) in [5.41, 5.74) is 1.25. The summed E-state index contributed by atoms with van der Waals surface area (Å²) in [7, 11) is 1.78. The van der Waals surface area contributed by atoms with Crippen molar-refractivity contribution >= 4 is 5.96 Å². The first-order valence-corrected chi connectivity index (χ1v) is 9.75. The van der Waals surface area contributed by atoms with E-state index in [9.17, 15) is 8.78 Å². The molecule has 1 spiro atoms. The third kappa shape index (κ3) is 3.49. The number of halogens is 2. The topological polar surface area (TPSA) is 54.9 Å². The maximum atomic E-state index is 12.2. The molecule has 1 saturated heterocycles. The number of hydrogen-bond donors (Lipinski definition) is 2. The Kier molecular flexibility index (Phi) is 5.21. The number of fused-ring (bicyclic) bond motifs is 2. The van der Waals surface area contributed by atoms with Gasteiger partial charge in [-0.3, -0.25) is 4.99 Å². The van der Waals surface area contributed by atoms with Crippen molar-refractivity contribution in [3.63, 3.8) is 0 Å². The molecular weight excluding hydrogens is 352 g/mol. The molecule has 1 heterocycles. The first kappa shape index (κ1) is 18.5. The second-order valence-electron chi connectivity index (χ2n) is 7.75. The van der Waals surface area contributed by atoms with E-state index in [1.165, 1.54) is 25.7 Å². The third-order valence-corrected chi connectivity index (χ3v) is 6.41. The molecule has 4 rings (SSSR count). The summed E-state index contributed by atoms with van der Waals surface area (Å²) >= 11 is 0. The predicted octanol–water partition coefficient (Wildman–Crippen LogP) is 3.30. The number of ether oxygens (including phenoxy) is 2. The molecule has 2 aliphatic carbocycles. The number of nitrogens with zero attached hydrogens (tertiary/aromatic N) is 1. The van der Waals surface area contributed by atoms with Crippen molar-refractivity contribution in [3.8, 4) is 5.75 Å². The van der Waals surface area contributed by atoms with Gasteiger partial charge < -0.3 is 20.1 Å². The highest BCUT2D eigenvalue weighted by Crippen LogP contribution is 2.60. The summed E-state index contributed by atoms with van der Waals surface area (Å²) in [6, 6.07) is 7.08. The van der Waals surface area contributed by atoms with Gasteiger partial charge in [0, 0.05) is 37.6 Å². The van der Waals surface area contributed by atoms with Crippen molar-refractivity contribution in [3.05, 3.63) is 29.8 Å². The predicted molar refractivity (Wildman–Crippen MR) is 98.9 cm³/mol. The maximum Gasteiger partial charge on any atom is 0.387 e. The summed E-state index contributed by atoms with van der Waals surface area (Å²) in [6.45, 7) is -1.36. The number of alkyl halides is 2. The average Bonchev–Trinajstić information content (AvgIpc) is 3.31. The van der Waals surface area contributed by atoms with Crippen LogP contribution in [0.2, 0.25) is 0 Å². The lowest BCUT2D eigenvalue weighted by atomic mass is 9.54. The van der Waals surface area contributed by atoms with E-state index in [0.717, 1.165) is 24.6 Å². The zero-order valence-electron chi connectivity index (χ0n) is 15.6. The number of aliphatic imine (C=N–C) groups is 1. The lowest BCUT2D eigenvalue weighted by Gasteiger charge is -2.57. The molecule has 5 nitrogen and oxygen atoms in total. The lowest BCUT2D eigenvalue weighted by Crippen LogP contribution is -2.69. The second kappa shape index (κ2) is 7.62. The van der Waals surface area contributed by atoms with Crippen LogP contribution in [0.5, 0.6) is 5.75 Å². The zero-order valence-corrected chi connectivity index (χ0v) is 15.6. The van der Waals surface area contributed by atoms with Crippen LogP contribution in [-0.2, 0) is 11.3 Å². The molecule has 148 valence electrons. The van der Waals surface area contributed by atoms with Gasteiger partial charge in [-0.15, -0.1) is 0 Å². The van der Waals surface area contributed by atoms with Crippen molar-refractivity contribution in [2.75, 3.05) is 13.7 Å². The number of guanidine groups is 1. The SMILES string of the molecule is CN=C(NCc1ccc(OC(F)F)cc1)NC1C2CCOC2C12CCCC2. The maximum absolute atomic E-state index is 12.2. The van der Waals surface area contributed by atoms with Gasteiger partial charge in [0.15, 0.2) is 5.96 Å². The van der Waals surface area contributed by atoms with Crippen molar-refractivity contribution in [2.24, 2.45) is 16.3 Å². The Balaban J connectivity index is 1.34. The van der Waals surface area contributed by atoms with Gasteiger partial charge in [0.2, 0.25) is 0 Å². The minimum atomic E-state index is -2.80. The summed E-state index contributed by atoms with van der Waals surface area (Å²) in [6.07, 6.45) is 6.56. The van der Waals surface area contributed by atoms with E-state index in [2.05, 4.69) is 20.4 Å². The molecule has 2 saturated carbocycles. The summed E-state index contributed by atoms with van der Waals surface area (Å²) < 4.78 is 34.9. The molecule has 0 bridgehead atoms. The van der Waals surface area contributed by atoms with E-state index >= 15 is 0 Å². The summed E-state index contributed by atoms with van der Waals surface area (Å²) in [4.78, 5) is 4.38. The lowest BCUT2D eigenvalue weighted by molar-refractivity contribution is -0.125. The van der Waals surface area contributed by atoms with Crippen LogP contribution in [0.4, 0.5) is 8.78 Å². The largest absolute Gasteiger partial charge is 0.435 e. The molecule has 27 heavy (non-hydrogen) atoms. The van der Waals surface area contributed by atoms with Crippen molar-refractivity contribution in [1.29, 1.82) is 0 Å². The van der Waals surface area contributed by atoms with E-state index in [1.54, 1.807) is 31.3 Å². The normalized spacial score (nSPS) is 28.9. The highest BCUT2D eigenvalue weighted by atomic mass is 19.3. The molecule has 0 radical (unpaired) electrons. The van der Waals surface area contributed by atoms with Crippen molar-refractivity contribution in [1.82, 2.24) is 10.6 Å². The van der Waals surface area contributed by atoms with Crippen LogP contribution in [0.25, 0.3) is 0 Å². The van der Waals surface area contributed by atoms with Crippen LogP contribution in [-0.4, -0.2) is 38.4 Å². The fourth-order valence-corrected chi connectivity index (χ4v) is 5.22. The van der Waals surface area contributed by atoms with Gasteiger partial charge in [0.25, 0.3) is 0 Å². The van der Waals surface area contributed by atoms with Gasteiger partial charge in [0.05, 0.1) is 6.10 Å². The van der Waals surface area contributed by atoms with Crippen LogP contribution < -0.4 is 15.4 Å². The van der Waals surface area contributed by atoms with Gasteiger partial charge in [0.1, 0.15) is 5.75 Å². The first-order valence-electron chi connectivity index (χ1n) is 9.75. The van der Waals surface area contributed by atoms with Crippen LogP contribution in [0, 0.1) is 11.3 Å². The fraction of sp³-hybridized carbons (Fsp3) is 0.650. The van der Waals surface area contributed by atoms with Crippen LogP contribution in [0.15, 0.2) is 29.3 Å². The van der Waals surface area contributed by atoms with E-state index in [1.807, 2.05) is 0 Å². The first-order chi connectivity index (χ1) is 13.1. The van der Waals surface area contributed by atoms with Crippen LogP contribution in [0.1, 0.15) is 37.7 Å². The zero-order chi connectivity index (χ0) is 18.9. The smallest absolute Gasteiger partial charge is 0.387 e. The number of hydrogen-bond acceptors (Lipinski definition) is 3. The Labute approximate surface area is 158 Å². The molecule has 1 aromatic carbocycles. The Bertz CT molecular complexity index is 674. The van der Waals surface area contributed by atoms with Crippen LogP contribution >= 0.6 is 0 Å². The van der Waals surface area contributed by atoms with Gasteiger partial charge in [-0.05, 0) is 37.0 Å². The van der Waals surface area contributed by atoms with E-state index in [-0.39, 0.29) is 11.2 Å². The number of nitrogens with one attached hydrogen (secondary N) is 2. The molecule has 0 amide bonds. The van der Waals surface area contributed by atoms with Gasteiger partial charge in [-0.1, -0.05) is 25.0 Å². The van der Waals surface area contributed by atoms with Gasteiger partial charge >= 0.3 is 6.61 Å². The third-order valence-electron chi connectivity index (χ3n) is 6.41. The molecule has 0 aromatic heterocycles. The van der Waals surface area contributed by atoms with Gasteiger partial charge in [-0.2, -0.15) is 8.78 Å². The quantitative estimate of drug-likeness (QED) is 0.609. The molecule has 2 N–H and O–H groups in total. The Hall–Kier alpha value is -1.89. The minimum Gasteiger partial charge on any atom is -0.435 e. The summed E-state index contributed by atoms with van der Waals surface area (Å²) in [5, 5.41) is 6.99. The highest BCUT2D eigenvalue weighted by molar-refractivity contribution is 5.80. The number of rotatable bonds is 5. The van der Waals surface area contributed by atoms with Crippen molar-refractivity contribution < 1.29 is 18.3 Å². The summed E-state index contributed by atoms with van der Waals surface area (Å²) in [5.74, 6) is 1.53. The monoisotopic (exact) mass is 379 g/mol. The standard InChI is InChI=1S/C20H27F2N3O2/c1-23-19(24-12-13-4-6-14(7-5-13)27-18(21)22)25-16-15-8-11-26-17(15)20(16)9-2-3-10-20/h4-7,15-18H,2-3,8-12H2,1H3,(H2,23,24,25). The molecule has 3 fully saturated rings. The Morgan fingerprint density at radius 3 is 2.70 bits per heavy atom. The molecule has 3 aliphatic rings. The highest BCUT2D eigenvalue weighted by Gasteiger charge is 2.65. The minimum absolute atomic E-state index is 0.168. The van der Waals surface area contributed by atoms with Gasteiger partial charge in [-0.25, -0.2) is 0 Å². The fourth-order valence-electron chi connectivity index (χ4n) is 5.22. The molecule has 3 atom stereocenters. The van der Waals surface area contributed by atoms with Crippen molar-refractivity contribution in [2.45, 2.75) is 57.4 Å². The van der Waals surface area contributed by atoms with E-state index in [0.29, 0.717) is 24.6 Å². The van der Waals surface area contributed by atoms with E-state index in [4.69, 9.17) is 4.74 Å². The molecular formula is C20H27F2N3O2. The Morgan fingerprint density at radius 2 is 2.04 bits per heavy atom. The molecule has 3 unspecified atom stereocenters. The van der Waals surface area contributed by atoms with E-state index < -0.39 is 6.61 Å². The Morgan fingerprint density at radius 1 is 1.30 bits per heavy atom. The average molecular weight is 379 g/mol. The molecule has 1 aromatic rings. The van der Waals surface area contributed by atoms with Crippen LogP contribution in [0.3, 0.4) is 0 Å². The number of benzene rings is 1.